The molecule has 1 N–H and O–H groups in total. The molecule has 82 valence electrons. The fraction of sp³-hybridized carbons (Fsp3) is 0.667. The first-order valence-electron chi connectivity index (χ1n) is 4.75. The molecule has 6 heteroatoms. The number of hydrogen-bond acceptors (Lipinski definition) is 5. The topological polar surface area (TPSA) is 76.2 Å². The second kappa shape index (κ2) is 4.22. The van der Waals surface area contributed by atoms with Gasteiger partial charge in [0.25, 0.3) is 0 Å². The molecule has 2 rings (SSSR count). The third-order valence-corrected chi connectivity index (χ3v) is 3.79. The highest BCUT2D eigenvalue weighted by atomic mass is 32.2. The van der Waals surface area contributed by atoms with Gasteiger partial charge >= 0.3 is 5.97 Å². The van der Waals surface area contributed by atoms with Gasteiger partial charge in [-0.05, 0) is 24.0 Å². The second-order valence-electron chi connectivity index (χ2n) is 3.90. The molecular weight excluding hydrogens is 216 g/mol. The van der Waals surface area contributed by atoms with Gasteiger partial charge in [0, 0.05) is 0 Å². The Morgan fingerprint density at radius 2 is 2.47 bits per heavy atom. The highest BCUT2D eigenvalue weighted by molar-refractivity contribution is 7.98. The van der Waals surface area contributed by atoms with E-state index in [1.807, 2.05) is 0 Å². The van der Waals surface area contributed by atoms with E-state index in [0.717, 1.165) is 18.6 Å². The van der Waals surface area contributed by atoms with Crippen LogP contribution >= 0.6 is 11.8 Å². The minimum absolute atomic E-state index is 0.0382. The molecule has 0 saturated heterocycles. The van der Waals surface area contributed by atoms with Crippen LogP contribution in [-0.4, -0.2) is 27.0 Å². The van der Waals surface area contributed by atoms with Crippen molar-refractivity contribution in [1.29, 1.82) is 0 Å². The van der Waals surface area contributed by atoms with E-state index in [0.29, 0.717) is 11.6 Å². The Balaban J connectivity index is 1.72. The normalized spacial score (nSPS) is 17.6. The van der Waals surface area contributed by atoms with Gasteiger partial charge in [-0.3, -0.25) is 4.79 Å². The van der Waals surface area contributed by atoms with Crippen LogP contribution < -0.4 is 0 Å². The summed E-state index contributed by atoms with van der Waals surface area (Å²) in [4.78, 5) is 14.5. The van der Waals surface area contributed by atoms with Crippen molar-refractivity contribution in [2.45, 2.75) is 25.0 Å². The van der Waals surface area contributed by atoms with E-state index in [-0.39, 0.29) is 11.8 Å². The molecular formula is C9H12N2O3S. The first-order valence-corrected chi connectivity index (χ1v) is 5.91. The number of carboxylic acids is 1. The number of aliphatic carboxylic acids is 1. The predicted octanol–water partition coefficient (Wildman–Crippen LogP) is 1.56. The molecule has 1 aromatic rings. The monoisotopic (exact) mass is 228 g/mol. The van der Waals surface area contributed by atoms with Crippen molar-refractivity contribution < 1.29 is 14.4 Å². The van der Waals surface area contributed by atoms with Crippen molar-refractivity contribution in [3.63, 3.8) is 0 Å². The van der Waals surface area contributed by atoms with Gasteiger partial charge in [0.05, 0.1) is 12.2 Å². The standard InChI is InChI=1S/C9H12N2O3S/c12-8(13)3-9(1-2-9)5-15-4-7-10-6-11-14-7/h6H,1-5H2,(H,12,13). The third kappa shape index (κ3) is 2.95. The first kappa shape index (κ1) is 10.5. The average Bonchev–Trinajstić information content (AvgIpc) is 2.74. The van der Waals surface area contributed by atoms with Crippen molar-refractivity contribution in [3.8, 4) is 0 Å². The second-order valence-corrected chi connectivity index (χ2v) is 4.88. The van der Waals surface area contributed by atoms with Crippen LogP contribution in [0.2, 0.25) is 0 Å². The molecule has 0 radical (unpaired) electrons. The van der Waals surface area contributed by atoms with E-state index in [1.165, 1.54) is 6.33 Å². The molecule has 1 fully saturated rings. The molecule has 0 aromatic carbocycles. The highest BCUT2D eigenvalue weighted by Crippen LogP contribution is 2.51. The predicted molar refractivity (Wildman–Crippen MR) is 54.4 cm³/mol. The van der Waals surface area contributed by atoms with E-state index in [1.54, 1.807) is 11.8 Å². The van der Waals surface area contributed by atoms with Gasteiger partial charge in [-0.2, -0.15) is 16.7 Å². The third-order valence-electron chi connectivity index (χ3n) is 2.52. The molecule has 15 heavy (non-hydrogen) atoms. The molecule has 1 aliphatic rings. The minimum Gasteiger partial charge on any atom is -0.481 e. The summed E-state index contributed by atoms with van der Waals surface area (Å²) < 4.78 is 4.85. The summed E-state index contributed by atoms with van der Waals surface area (Å²) in [6.07, 6.45) is 3.70. The van der Waals surface area contributed by atoms with E-state index >= 15 is 0 Å². The highest BCUT2D eigenvalue weighted by Gasteiger charge is 2.44. The van der Waals surface area contributed by atoms with Crippen LogP contribution in [0, 0.1) is 5.41 Å². The van der Waals surface area contributed by atoms with Crippen LogP contribution in [0.4, 0.5) is 0 Å². The lowest BCUT2D eigenvalue weighted by molar-refractivity contribution is -0.138. The lowest BCUT2D eigenvalue weighted by Gasteiger charge is -2.10. The number of thioether (sulfide) groups is 1. The Labute approximate surface area is 91.2 Å². The van der Waals surface area contributed by atoms with Gasteiger partial charge in [-0.25, -0.2) is 0 Å². The summed E-state index contributed by atoms with van der Waals surface area (Å²) in [5.41, 5.74) is 0.0382. The molecule has 0 aliphatic heterocycles. The van der Waals surface area contributed by atoms with Gasteiger partial charge in [-0.1, -0.05) is 5.16 Å². The molecule has 1 aromatic heterocycles. The van der Waals surface area contributed by atoms with Crippen LogP contribution in [0.15, 0.2) is 10.9 Å². The van der Waals surface area contributed by atoms with E-state index < -0.39 is 5.97 Å². The molecule has 0 amide bonds. The molecule has 1 heterocycles. The van der Waals surface area contributed by atoms with Gasteiger partial charge in [0.2, 0.25) is 5.89 Å². The summed E-state index contributed by atoms with van der Waals surface area (Å²) in [5, 5.41) is 12.2. The summed E-state index contributed by atoms with van der Waals surface area (Å²) in [5.74, 6) is 1.43. The zero-order chi connectivity index (χ0) is 10.7. The summed E-state index contributed by atoms with van der Waals surface area (Å²) >= 11 is 1.66. The van der Waals surface area contributed by atoms with Gasteiger partial charge in [0.15, 0.2) is 6.33 Å². The van der Waals surface area contributed by atoms with Crippen molar-refractivity contribution in [1.82, 2.24) is 10.1 Å². The SMILES string of the molecule is O=C(O)CC1(CSCc2ncno2)CC1. The molecule has 1 saturated carbocycles. The Morgan fingerprint density at radius 1 is 1.67 bits per heavy atom. The Kier molecular flexibility index (Phi) is 2.95. The lowest BCUT2D eigenvalue weighted by atomic mass is 10.1. The van der Waals surface area contributed by atoms with Crippen LogP contribution in [0.1, 0.15) is 25.2 Å². The number of carboxylic acid groups (broad SMARTS) is 1. The van der Waals surface area contributed by atoms with Crippen molar-refractivity contribution in [2.75, 3.05) is 5.75 Å². The minimum atomic E-state index is -0.703. The maximum absolute atomic E-state index is 10.6. The average molecular weight is 228 g/mol. The fourth-order valence-electron chi connectivity index (χ4n) is 1.48. The molecule has 5 nitrogen and oxygen atoms in total. The quantitative estimate of drug-likeness (QED) is 0.796. The number of nitrogens with zero attached hydrogens (tertiary/aromatic N) is 2. The van der Waals surface area contributed by atoms with Crippen molar-refractivity contribution in [3.05, 3.63) is 12.2 Å². The smallest absolute Gasteiger partial charge is 0.303 e. The van der Waals surface area contributed by atoms with Gasteiger partial charge in [0.1, 0.15) is 0 Å². The zero-order valence-electron chi connectivity index (χ0n) is 8.18. The maximum atomic E-state index is 10.6. The Hall–Kier alpha value is -1.04. The molecule has 0 atom stereocenters. The van der Waals surface area contributed by atoms with Gasteiger partial charge in [-0.15, -0.1) is 0 Å². The van der Waals surface area contributed by atoms with Crippen molar-refractivity contribution in [2.24, 2.45) is 5.41 Å². The van der Waals surface area contributed by atoms with Crippen LogP contribution in [-0.2, 0) is 10.5 Å². The molecule has 0 unspecified atom stereocenters. The van der Waals surface area contributed by atoms with Crippen LogP contribution in [0.3, 0.4) is 0 Å². The molecule has 1 aliphatic carbocycles. The van der Waals surface area contributed by atoms with Crippen molar-refractivity contribution >= 4 is 17.7 Å². The van der Waals surface area contributed by atoms with Crippen LogP contribution in [0.5, 0.6) is 0 Å². The lowest BCUT2D eigenvalue weighted by Crippen LogP contribution is -2.11. The van der Waals surface area contributed by atoms with Crippen LogP contribution in [0.25, 0.3) is 0 Å². The zero-order valence-corrected chi connectivity index (χ0v) is 9.00. The number of hydrogen-bond donors (Lipinski definition) is 1. The van der Waals surface area contributed by atoms with E-state index in [2.05, 4.69) is 10.1 Å². The van der Waals surface area contributed by atoms with E-state index in [9.17, 15) is 4.79 Å². The summed E-state index contributed by atoms with van der Waals surface area (Å²) in [6.45, 7) is 0. The Morgan fingerprint density at radius 3 is 3.00 bits per heavy atom. The first-order chi connectivity index (χ1) is 7.20. The number of carbonyl (C=O) groups is 1. The fourth-order valence-corrected chi connectivity index (χ4v) is 2.71. The molecule has 0 bridgehead atoms. The number of rotatable bonds is 6. The summed E-state index contributed by atoms with van der Waals surface area (Å²) in [7, 11) is 0. The maximum Gasteiger partial charge on any atom is 0.303 e. The number of aromatic nitrogens is 2. The van der Waals surface area contributed by atoms with Gasteiger partial charge < -0.3 is 9.63 Å². The van der Waals surface area contributed by atoms with E-state index in [4.69, 9.17) is 9.63 Å². The Bertz CT molecular complexity index is 335. The summed E-state index contributed by atoms with van der Waals surface area (Å²) in [6, 6.07) is 0. The largest absolute Gasteiger partial charge is 0.481 e. The molecule has 0 spiro atoms.